The first-order valence-electron chi connectivity index (χ1n) is 8.09. The smallest absolute Gasteiger partial charge is 0.0234 e. The van der Waals surface area contributed by atoms with Crippen molar-refractivity contribution in [1.29, 1.82) is 0 Å². The van der Waals surface area contributed by atoms with Gasteiger partial charge in [-0.05, 0) is 37.4 Å². The van der Waals surface area contributed by atoms with Crippen LogP contribution in [0, 0.1) is 5.92 Å². The van der Waals surface area contributed by atoms with Gasteiger partial charge < -0.3 is 10.2 Å². The predicted molar refractivity (Wildman–Crippen MR) is 83.8 cm³/mol. The van der Waals surface area contributed by atoms with Crippen LogP contribution in [0.3, 0.4) is 0 Å². The standard InChI is InChI=1S/C17H27N3/c1-2-5-16(6-3-1)14-19-9-11-20(12-10-19)15-17-7-4-8-18-13-17/h1-3,5-6,17-18H,4,7-15H2/t17-/m1/s1. The Hall–Kier alpha value is -0.900. The van der Waals surface area contributed by atoms with Crippen molar-refractivity contribution in [2.24, 2.45) is 5.92 Å². The van der Waals surface area contributed by atoms with E-state index in [1.807, 2.05) is 0 Å². The molecule has 0 spiro atoms. The highest BCUT2D eigenvalue weighted by molar-refractivity contribution is 5.14. The summed E-state index contributed by atoms with van der Waals surface area (Å²) in [5, 5.41) is 3.53. The minimum atomic E-state index is 0.879. The van der Waals surface area contributed by atoms with Gasteiger partial charge in [0, 0.05) is 39.3 Å². The van der Waals surface area contributed by atoms with Gasteiger partial charge in [0.2, 0.25) is 0 Å². The lowest BCUT2D eigenvalue weighted by molar-refractivity contribution is 0.108. The SMILES string of the molecule is c1ccc(CN2CCN(C[C@@H]3CCCNC3)CC2)cc1. The molecule has 2 heterocycles. The number of rotatable bonds is 4. The first kappa shape index (κ1) is 14.1. The van der Waals surface area contributed by atoms with Gasteiger partial charge >= 0.3 is 0 Å². The maximum absolute atomic E-state index is 3.53. The molecule has 20 heavy (non-hydrogen) atoms. The Morgan fingerprint density at radius 1 is 1.00 bits per heavy atom. The Morgan fingerprint density at radius 3 is 2.45 bits per heavy atom. The molecule has 1 aromatic rings. The number of hydrogen-bond donors (Lipinski definition) is 1. The predicted octanol–water partition coefficient (Wildman–Crippen LogP) is 1.80. The molecule has 2 fully saturated rings. The Labute approximate surface area is 123 Å². The van der Waals surface area contributed by atoms with Crippen LogP contribution in [-0.2, 0) is 6.54 Å². The van der Waals surface area contributed by atoms with E-state index in [4.69, 9.17) is 0 Å². The maximum Gasteiger partial charge on any atom is 0.0234 e. The highest BCUT2D eigenvalue weighted by Gasteiger charge is 2.21. The van der Waals surface area contributed by atoms with E-state index >= 15 is 0 Å². The summed E-state index contributed by atoms with van der Waals surface area (Å²) in [6.45, 7) is 9.77. The van der Waals surface area contributed by atoms with Gasteiger partial charge in [0.25, 0.3) is 0 Å². The number of piperidine rings is 1. The first-order valence-corrected chi connectivity index (χ1v) is 8.09. The van der Waals surface area contributed by atoms with Crippen molar-refractivity contribution in [2.75, 3.05) is 45.8 Å². The molecule has 0 amide bonds. The summed E-state index contributed by atoms with van der Waals surface area (Å²) >= 11 is 0. The molecule has 0 radical (unpaired) electrons. The van der Waals surface area contributed by atoms with Crippen LogP contribution in [0.25, 0.3) is 0 Å². The fraction of sp³-hybridized carbons (Fsp3) is 0.647. The molecule has 0 aliphatic carbocycles. The second-order valence-electron chi connectivity index (χ2n) is 6.27. The van der Waals surface area contributed by atoms with E-state index in [2.05, 4.69) is 45.4 Å². The van der Waals surface area contributed by atoms with E-state index in [1.54, 1.807) is 0 Å². The quantitative estimate of drug-likeness (QED) is 0.902. The average Bonchev–Trinajstić information content (AvgIpc) is 2.51. The lowest BCUT2D eigenvalue weighted by Gasteiger charge is -2.37. The second-order valence-corrected chi connectivity index (χ2v) is 6.27. The maximum atomic E-state index is 3.53. The Morgan fingerprint density at radius 2 is 1.75 bits per heavy atom. The zero-order valence-corrected chi connectivity index (χ0v) is 12.4. The third-order valence-electron chi connectivity index (χ3n) is 4.63. The summed E-state index contributed by atoms with van der Waals surface area (Å²) in [5.41, 5.74) is 1.44. The Balaban J connectivity index is 1.40. The van der Waals surface area contributed by atoms with Gasteiger partial charge in [0.15, 0.2) is 0 Å². The van der Waals surface area contributed by atoms with E-state index in [1.165, 1.54) is 64.2 Å². The van der Waals surface area contributed by atoms with Crippen LogP contribution in [0.2, 0.25) is 0 Å². The lowest BCUT2D eigenvalue weighted by atomic mass is 9.99. The summed E-state index contributed by atoms with van der Waals surface area (Å²) in [5.74, 6) is 0.879. The van der Waals surface area contributed by atoms with Crippen molar-refractivity contribution in [3.05, 3.63) is 35.9 Å². The number of nitrogens with one attached hydrogen (secondary N) is 1. The van der Waals surface area contributed by atoms with Gasteiger partial charge in [-0.25, -0.2) is 0 Å². The molecular formula is C17H27N3. The van der Waals surface area contributed by atoms with Gasteiger partial charge in [-0.2, -0.15) is 0 Å². The molecule has 0 bridgehead atoms. The van der Waals surface area contributed by atoms with E-state index in [9.17, 15) is 0 Å². The fourth-order valence-electron chi connectivity index (χ4n) is 3.42. The minimum absolute atomic E-state index is 0.879. The summed E-state index contributed by atoms with van der Waals surface area (Å²) in [7, 11) is 0. The Kier molecular flexibility index (Phi) is 5.06. The summed E-state index contributed by atoms with van der Waals surface area (Å²) in [4.78, 5) is 5.25. The van der Waals surface area contributed by atoms with Gasteiger partial charge in [-0.15, -0.1) is 0 Å². The van der Waals surface area contributed by atoms with Crippen molar-refractivity contribution < 1.29 is 0 Å². The van der Waals surface area contributed by atoms with Gasteiger partial charge in [0.05, 0.1) is 0 Å². The monoisotopic (exact) mass is 273 g/mol. The van der Waals surface area contributed by atoms with Gasteiger partial charge in [-0.3, -0.25) is 4.90 Å². The zero-order chi connectivity index (χ0) is 13.6. The minimum Gasteiger partial charge on any atom is -0.316 e. The van der Waals surface area contributed by atoms with Crippen LogP contribution in [0.1, 0.15) is 18.4 Å². The highest BCUT2D eigenvalue weighted by atomic mass is 15.3. The number of nitrogens with zero attached hydrogens (tertiary/aromatic N) is 2. The van der Waals surface area contributed by atoms with Crippen LogP contribution >= 0.6 is 0 Å². The number of piperazine rings is 1. The van der Waals surface area contributed by atoms with Crippen LogP contribution in [0.5, 0.6) is 0 Å². The largest absolute Gasteiger partial charge is 0.316 e. The molecule has 0 aromatic heterocycles. The zero-order valence-electron chi connectivity index (χ0n) is 12.4. The molecule has 2 aliphatic rings. The topological polar surface area (TPSA) is 18.5 Å². The fourth-order valence-corrected chi connectivity index (χ4v) is 3.42. The third kappa shape index (κ3) is 4.05. The number of benzene rings is 1. The molecule has 110 valence electrons. The molecule has 3 heteroatoms. The normalized spacial score (nSPS) is 25.7. The molecule has 1 aromatic carbocycles. The number of hydrogen-bond acceptors (Lipinski definition) is 3. The van der Waals surface area contributed by atoms with Crippen LogP contribution in [0.15, 0.2) is 30.3 Å². The van der Waals surface area contributed by atoms with E-state index in [0.29, 0.717) is 0 Å². The molecule has 2 saturated heterocycles. The molecule has 1 atom stereocenters. The molecule has 3 rings (SSSR count). The summed E-state index contributed by atoms with van der Waals surface area (Å²) in [6.07, 6.45) is 2.77. The lowest BCUT2D eigenvalue weighted by Crippen LogP contribution is -2.48. The first-order chi connectivity index (χ1) is 9.90. The highest BCUT2D eigenvalue weighted by Crippen LogP contribution is 2.14. The molecule has 0 unspecified atom stereocenters. The van der Waals surface area contributed by atoms with E-state index in [0.717, 1.165) is 12.5 Å². The van der Waals surface area contributed by atoms with E-state index in [-0.39, 0.29) is 0 Å². The van der Waals surface area contributed by atoms with Crippen molar-refractivity contribution >= 4 is 0 Å². The summed E-state index contributed by atoms with van der Waals surface area (Å²) < 4.78 is 0. The second kappa shape index (κ2) is 7.21. The van der Waals surface area contributed by atoms with E-state index < -0.39 is 0 Å². The van der Waals surface area contributed by atoms with Gasteiger partial charge in [-0.1, -0.05) is 30.3 Å². The third-order valence-corrected chi connectivity index (χ3v) is 4.63. The Bertz CT molecular complexity index is 378. The van der Waals surface area contributed by atoms with Crippen molar-refractivity contribution in [3.8, 4) is 0 Å². The molecule has 2 aliphatic heterocycles. The van der Waals surface area contributed by atoms with Gasteiger partial charge in [0.1, 0.15) is 0 Å². The van der Waals surface area contributed by atoms with Crippen LogP contribution in [0.4, 0.5) is 0 Å². The van der Waals surface area contributed by atoms with Crippen LogP contribution < -0.4 is 5.32 Å². The van der Waals surface area contributed by atoms with Crippen molar-refractivity contribution in [1.82, 2.24) is 15.1 Å². The summed E-state index contributed by atoms with van der Waals surface area (Å²) in [6, 6.07) is 10.9. The molecule has 1 N–H and O–H groups in total. The molecule has 3 nitrogen and oxygen atoms in total. The average molecular weight is 273 g/mol. The molecule has 0 saturated carbocycles. The molecular weight excluding hydrogens is 246 g/mol. The van der Waals surface area contributed by atoms with Crippen LogP contribution in [-0.4, -0.2) is 55.6 Å². The van der Waals surface area contributed by atoms with Crippen molar-refractivity contribution in [3.63, 3.8) is 0 Å². The van der Waals surface area contributed by atoms with Crippen molar-refractivity contribution in [2.45, 2.75) is 19.4 Å².